The average molecular weight is 494 g/mol. The molecule has 33 heavy (non-hydrogen) atoms. The largest absolute Gasteiger partial charge is 0.493 e. The highest BCUT2D eigenvalue weighted by molar-refractivity contribution is 8.00. The molecule has 1 fully saturated rings. The SMILES string of the molecule is Cc1cc(Cl)ccc1OCCCC(=O)NNC(=O)[C@H]1CS[C@H](Cc2ccccc2F)C(=O)N1. The van der Waals surface area contributed by atoms with E-state index in [-0.39, 0.29) is 30.5 Å². The van der Waals surface area contributed by atoms with Crippen molar-refractivity contribution >= 4 is 41.1 Å². The number of carbonyl (C=O) groups is 3. The zero-order valence-electron chi connectivity index (χ0n) is 18.0. The number of amides is 3. The van der Waals surface area contributed by atoms with E-state index < -0.39 is 17.2 Å². The van der Waals surface area contributed by atoms with Gasteiger partial charge in [-0.2, -0.15) is 0 Å². The first kappa shape index (κ1) is 24.9. The van der Waals surface area contributed by atoms with Crippen LogP contribution in [0.5, 0.6) is 5.75 Å². The lowest BCUT2D eigenvalue weighted by Crippen LogP contribution is -2.57. The number of hydrogen-bond acceptors (Lipinski definition) is 5. The first-order valence-electron chi connectivity index (χ1n) is 10.5. The molecule has 3 amide bonds. The van der Waals surface area contributed by atoms with Gasteiger partial charge >= 0.3 is 0 Å². The van der Waals surface area contributed by atoms with Gasteiger partial charge in [0.05, 0.1) is 11.9 Å². The number of halogens is 2. The van der Waals surface area contributed by atoms with Gasteiger partial charge in [-0.1, -0.05) is 29.8 Å². The Labute approximate surface area is 200 Å². The molecule has 3 N–H and O–H groups in total. The fourth-order valence-corrected chi connectivity index (χ4v) is 4.62. The summed E-state index contributed by atoms with van der Waals surface area (Å²) in [5.74, 6) is -0.556. The highest BCUT2D eigenvalue weighted by Gasteiger charge is 2.32. The summed E-state index contributed by atoms with van der Waals surface area (Å²) < 4.78 is 19.5. The molecule has 2 aromatic rings. The van der Waals surface area contributed by atoms with Crippen LogP contribution in [0.3, 0.4) is 0 Å². The minimum Gasteiger partial charge on any atom is -0.493 e. The minimum absolute atomic E-state index is 0.156. The molecule has 0 aliphatic carbocycles. The maximum absolute atomic E-state index is 13.8. The summed E-state index contributed by atoms with van der Waals surface area (Å²) in [6.07, 6.45) is 0.854. The van der Waals surface area contributed by atoms with Crippen molar-refractivity contribution in [2.45, 2.75) is 37.5 Å². The van der Waals surface area contributed by atoms with E-state index in [1.165, 1.54) is 17.8 Å². The summed E-state index contributed by atoms with van der Waals surface area (Å²) in [5, 5.41) is 2.78. The van der Waals surface area contributed by atoms with Gasteiger partial charge in [-0.3, -0.25) is 25.2 Å². The Hall–Kier alpha value is -2.78. The Balaban J connectivity index is 1.34. The van der Waals surface area contributed by atoms with E-state index in [4.69, 9.17) is 16.3 Å². The lowest BCUT2D eigenvalue weighted by atomic mass is 10.1. The van der Waals surface area contributed by atoms with Gasteiger partial charge in [-0.25, -0.2) is 4.39 Å². The van der Waals surface area contributed by atoms with Crippen LogP contribution in [0, 0.1) is 12.7 Å². The molecule has 1 aliphatic rings. The first-order valence-corrected chi connectivity index (χ1v) is 11.9. The number of hydrazine groups is 1. The lowest BCUT2D eigenvalue weighted by molar-refractivity contribution is -0.132. The minimum atomic E-state index is -0.782. The van der Waals surface area contributed by atoms with Crippen LogP contribution in [-0.2, 0) is 20.8 Å². The van der Waals surface area contributed by atoms with Gasteiger partial charge in [-0.05, 0) is 55.2 Å². The second-order valence-corrected chi connectivity index (χ2v) is 9.25. The summed E-state index contributed by atoms with van der Waals surface area (Å²) >= 11 is 7.19. The molecule has 2 aromatic carbocycles. The van der Waals surface area contributed by atoms with Gasteiger partial charge in [-0.15, -0.1) is 11.8 Å². The van der Waals surface area contributed by atoms with Gasteiger partial charge in [0.15, 0.2) is 0 Å². The Bertz CT molecular complexity index is 1020. The molecule has 10 heteroatoms. The van der Waals surface area contributed by atoms with Crippen molar-refractivity contribution in [1.29, 1.82) is 0 Å². The summed E-state index contributed by atoms with van der Waals surface area (Å²) in [4.78, 5) is 36.6. The Morgan fingerprint density at radius 2 is 2.03 bits per heavy atom. The predicted octanol–water partition coefficient (Wildman–Crippen LogP) is 2.94. The summed E-state index contributed by atoms with van der Waals surface area (Å²) in [6.45, 7) is 2.22. The molecular weight excluding hydrogens is 469 g/mol. The van der Waals surface area contributed by atoms with Crippen molar-refractivity contribution in [3.8, 4) is 5.75 Å². The zero-order valence-corrected chi connectivity index (χ0v) is 19.6. The van der Waals surface area contributed by atoms with E-state index in [9.17, 15) is 18.8 Å². The number of nitrogens with one attached hydrogen (secondary N) is 3. The van der Waals surface area contributed by atoms with Crippen molar-refractivity contribution < 1.29 is 23.5 Å². The Kier molecular flexibility index (Phi) is 8.96. The van der Waals surface area contributed by atoms with Crippen LogP contribution < -0.4 is 20.9 Å². The van der Waals surface area contributed by atoms with Crippen LogP contribution in [0.25, 0.3) is 0 Å². The molecule has 0 spiro atoms. The standard InChI is InChI=1S/C23H25ClFN3O4S/c1-14-11-16(24)8-9-19(14)32-10-4-7-21(29)27-28-22(30)18-13-33-20(23(31)26-18)12-15-5-2-3-6-17(15)25/h2-3,5-6,8-9,11,18,20H,4,7,10,12-13H2,1H3,(H,26,31)(H,27,29)(H,28,30)/t18-,20-/m1/s1. The van der Waals surface area contributed by atoms with Crippen molar-refractivity contribution in [3.05, 3.63) is 64.4 Å². The van der Waals surface area contributed by atoms with E-state index >= 15 is 0 Å². The molecule has 0 unspecified atom stereocenters. The van der Waals surface area contributed by atoms with Crippen LogP contribution >= 0.6 is 23.4 Å². The molecule has 176 valence electrons. The third-order valence-electron chi connectivity index (χ3n) is 5.02. The van der Waals surface area contributed by atoms with E-state index in [1.807, 2.05) is 6.92 Å². The molecule has 7 nitrogen and oxygen atoms in total. The van der Waals surface area contributed by atoms with Crippen LogP contribution in [0.2, 0.25) is 5.02 Å². The molecule has 1 aliphatic heterocycles. The maximum atomic E-state index is 13.8. The third kappa shape index (κ3) is 7.36. The fraction of sp³-hybridized carbons (Fsp3) is 0.348. The van der Waals surface area contributed by atoms with Crippen molar-refractivity contribution in [1.82, 2.24) is 16.2 Å². The maximum Gasteiger partial charge on any atom is 0.261 e. The molecule has 0 saturated carbocycles. The number of carbonyl (C=O) groups excluding carboxylic acids is 3. The van der Waals surface area contributed by atoms with Gasteiger partial charge < -0.3 is 10.1 Å². The molecule has 0 aromatic heterocycles. The van der Waals surface area contributed by atoms with Crippen LogP contribution in [0.1, 0.15) is 24.0 Å². The summed E-state index contributed by atoms with van der Waals surface area (Å²) in [5.41, 5.74) is 6.05. The Morgan fingerprint density at radius 1 is 1.24 bits per heavy atom. The van der Waals surface area contributed by atoms with Crippen molar-refractivity contribution in [2.75, 3.05) is 12.4 Å². The van der Waals surface area contributed by atoms with E-state index in [1.54, 1.807) is 36.4 Å². The highest BCUT2D eigenvalue weighted by atomic mass is 35.5. The fourth-order valence-electron chi connectivity index (χ4n) is 3.22. The number of hydrogen-bond donors (Lipinski definition) is 3. The van der Waals surface area contributed by atoms with Gasteiger partial charge in [0.1, 0.15) is 17.6 Å². The van der Waals surface area contributed by atoms with Gasteiger partial charge in [0.2, 0.25) is 11.8 Å². The second kappa shape index (κ2) is 11.9. The van der Waals surface area contributed by atoms with Gasteiger partial charge in [0, 0.05) is 17.2 Å². The number of benzene rings is 2. The van der Waals surface area contributed by atoms with E-state index in [0.717, 1.165) is 5.56 Å². The molecule has 1 heterocycles. The van der Waals surface area contributed by atoms with Crippen molar-refractivity contribution in [3.63, 3.8) is 0 Å². The lowest BCUT2D eigenvalue weighted by Gasteiger charge is -2.28. The average Bonchev–Trinajstić information content (AvgIpc) is 2.79. The molecule has 1 saturated heterocycles. The van der Waals surface area contributed by atoms with Gasteiger partial charge in [0.25, 0.3) is 5.91 Å². The normalized spacial score (nSPS) is 17.7. The molecule has 0 radical (unpaired) electrons. The quantitative estimate of drug-likeness (QED) is 0.388. The highest BCUT2D eigenvalue weighted by Crippen LogP contribution is 2.23. The van der Waals surface area contributed by atoms with Crippen LogP contribution in [0.15, 0.2) is 42.5 Å². The van der Waals surface area contributed by atoms with Crippen molar-refractivity contribution in [2.24, 2.45) is 0 Å². The topological polar surface area (TPSA) is 96.5 Å². The second-order valence-electron chi connectivity index (χ2n) is 7.58. The number of thioether (sulfide) groups is 1. The molecule has 0 bridgehead atoms. The molecular formula is C23H25ClFN3O4S. The third-order valence-corrected chi connectivity index (χ3v) is 6.56. The zero-order chi connectivity index (χ0) is 23.8. The van der Waals surface area contributed by atoms with Crippen LogP contribution in [-0.4, -0.2) is 41.4 Å². The monoisotopic (exact) mass is 493 g/mol. The Morgan fingerprint density at radius 3 is 2.76 bits per heavy atom. The van der Waals surface area contributed by atoms with E-state index in [0.29, 0.717) is 35.1 Å². The number of aryl methyl sites for hydroxylation is 1. The smallest absolute Gasteiger partial charge is 0.261 e. The van der Waals surface area contributed by atoms with E-state index in [2.05, 4.69) is 16.2 Å². The number of ether oxygens (including phenoxy) is 1. The summed E-state index contributed by atoms with van der Waals surface area (Å²) in [6, 6.07) is 10.8. The molecule has 2 atom stereocenters. The molecule has 3 rings (SSSR count). The predicted molar refractivity (Wildman–Crippen MR) is 125 cm³/mol. The summed E-state index contributed by atoms with van der Waals surface area (Å²) in [7, 11) is 0. The van der Waals surface area contributed by atoms with Crippen LogP contribution in [0.4, 0.5) is 4.39 Å². The number of rotatable bonds is 8. The first-order chi connectivity index (χ1) is 15.8.